The molecule has 1 saturated heterocycles. The predicted octanol–water partition coefficient (Wildman–Crippen LogP) is 1.68. The second-order valence-corrected chi connectivity index (χ2v) is 9.39. The Morgan fingerprint density at radius 1 is 0.906 bits per heavy atom. The molecule has 10 heteroatoms. The highest BCUT2D eigenvalue weighted by Crippen LogP contribution is 2.30. The number of carbonyl (C=O) groups excluding carboxylic acids is 1. The summed E-state index contributed by atoms with van der Waals surface area (Å²) >= 11 is 0. The monoisotopic (exact) mass is 463 g/mol. The Morgan fingerprint density at radius 3 is 2.09 bits per heavy atom. The van der Waals surface area contributed by atoms with E-state index in [1.54, 1.807) is 12.0 Å². The maximum absolute atomic E-state index is 12.9. The largest absolute Gasteiger partial charge is 0.497 e. The fourth-order valence-corrected chi connectivity index (χ4v) is 4.68. The average molecular weight is 464 g/mol. The molecule has 174 valence electrons. The highest BCUT2D eigenvalue weighted by Gasteiger charge is 2.28. The Hall–Kier alpha value is -2.98. The molecule has 1 amide bonds. The molecule has 0 aliphatic carbocycles. The predicted molar refractivity (Wildman–Crippen MR) is 121 cm³/mol. The normalized spacial score (nSPS) is 14.4. The van der Waals surface area contributed by atoms with Crippen LogP contribution in [0.25, 0.3) is 0 Å². The molecule has 2 aromatic rings. The maximum atomic E-state index is 12.9. The van der Waals surface area contributed by atoms with Crippen molar-refractivity contribution in [2.75, 3.05) is 66.0 Å². The Morgan fingerprint density at radius 2 is 1.53 bits per heavy atom. The van der Waals surface area contributed by atoms with Gasteiger partial charge in [0.25, 0.3) is 0 Å². The summed E-state index contributed by atoms with van der Waals surface area (Å²) in [5.41, 5.74) is 1.06. The van der Waals surface area contributed by atoms with E-state index < -0.39 is 10.0 Å². The molecular weight excluding hydrogens is 434 g/mol. The van der Waals surface area contributed by atoms with Crippen LogP contribution in [0.1, 0.15) is 0 Å². The first-order valence-corrected chi connectivity index (χ1v) is 11.6. The van der Waals surface area contributed by atoms with Gasteiger partial charge in [-0.15, -0.1) is 0 Å². The zero-order valence-electron chi connectivity index (χ0n) is 18.8. The number of likely N-dealkylation sites (N-methyl/N-ethyl adjacent to an activating group) is 1. The van der Waals surface area contributed by atoms with Crippen LogP contribution in [0.15, 0.2) is 47.4 Å². The second kappa shape index (κ2) is 10.1. The molecule has 0 N–H and O–H groups in total. The average Bonchev–Trinajstić information content (AvgIpc) is 2.83. The van der Waals surface area contributed by atoms with Gasteiger partial charge in [-0.1, -0.05) is 0 Å². The van der Waals surface area contributed by atoms with Crippen molar-refractivity contribution in [2.24, 2.45) is 0 Å². The number of ether oxygens (including phenoxy) is 3. The first-order chi connectivity index (χ1) is 15.3. The number of benzene rings is 2. The second-order valence-electron chi connectivity index (χ2n) is 7.34. The summed E-state index contributed by atoms with van der Waals surface area (Å²) in [6.45, 7) is 2.15. The van der Waals surface area contributed by atoms with Gasteiger partial charge in [0, 0.05) is 45.0 Å². The van der Waals surface area contributed by atoms with E-state index in [9.17, 15) is 13.2 Å². The van der Waals surface area contributed by atoms with Crippen molar-refractivity contribution in [3.63, 3.8) is 0 Å². The highest BCUT2D eigenvalue weighted by atomic mass is 32.2. The lowest BCUT2D eigenvalue weighted by atomic mass is 10.2. The number of anilines is 1. The van der Waals surface area contributed by atoms with Gasteiger partial charge in [-0.25, -0.2) is 8.42 Å². The van der Waals surface area contributed by atoms with Crippen LogP contribution in [0.3, 0.4) is 0 Å². The quantitative estimate of drug-likeness (QED) is 0.589. The van der Waals surface area contributed by atoms with Crippen molar-refractivity contribution in [3.8, 4) is 17.2 Å². The number of sulfonamides is 1. The van der Waals surface area contributed by atoms with E-state index in [4.69, 9.17) is 14.2 Å². The van der Waals surface area contributed by atoms with Gasteiger partial charge < -0.3 is 24.0 Å². The van der Waals surface area contributed by atoms with Crippen molar-refractivity contribution in [1.82, 2.24) is 9.21 Å². The molecule has 1 aliphatic heterocycles. The molecule has 0 bridgehead atoms. The molecule has 1 aliphatic rings. The first kappa shape index (κ1) is 23.7. The number of rotatable bonds is 8. The number of nitrogens with zero attached hydrogens (tertiary/aromatic N) is 3. The summed E-state index contributed by atoms with van der Waals surface area (Å²) in [6, 6.07) is 12.1. The molecule has 0 atom stereocenters. The van der Waals surface area contributed by atoms with E-state index in [-0.39, 0.29) is 17.3 Å². The van der Waals surface area contributed by atoms with Gasteiger partial charge >= 0.3 is 0 Å². The van der Waals surface area contributed by atoms with Crippen LogP contribution in [0.4, 0.5) is 5.69 Å². The van der Waals surface area contributed by atoms with E-state index in [0.717, 1.165) is 15.7 Å². The topological polar surface area (TPSA) is 88.6 Å². The lowest BCUT2D eigenvalue weighted by Gasteiger charge is -2.36. The van der Waals surface area contributed by atoms with Gasteiger partial charge in [-0.2, -0.15) is 4.31 Å². The summed E-state index contributed by atoms with van der Waals surface area (Å²) in [6.07, 6.45) is 0. The van der Waals surface area contributed by atoms with E-state index >= 15 is 0 Å². The van der Waals surface area contributed by atoms with Gasteiger partial charge in [-0.05, 0) is 36.4 Å². The first-order valence-electron chi connectivity index (χ1n) is 10.1. The fraction of sp³-hybridized carbons (Fsp3) is 0.409. The van der Waals surface area contributed by atoms with Crippen LogP contribution in [0, 0.1) is 0 Å². The zero-order chi connectivity index (χ0) is 23.3. The van der Waals surface area contributed by atoms with E-state index in [0.29, 0.717) is 37.7 Å². The Balaban J connectivity index is 1.60. The standard InChI is InChI=1S/C22H29N3O6S/c1-23(32(27,28)19-9-10-20(30-3)21(15-19)31-4)16-22(26)25-13-11-24(12-14-25)17-5-7-18(29-2)8-6-17/h5-10,15H,11-14,16H2,1-4H3. The van der Waals surface area contributed by atoms with Crippen LogP contribution in [0.5, 0.6) is 17.2 Å². The minimum Gasteiger partial charge on any atom is -0.497 e. The van der Waals surface area contributed by atoms with Crippen molar-refractivity contribution in [1.29, 1.82) is 0 Å². The Labute approximate surface area is 189 Å². The van der Waals surface area contributed by atoms with Gasteiger partial charge in [-0.3, -0.25) is 4.79 Å². The number of amides is 1. The molecule has 9 nitrogen and oxygen atoms in total. The minimum atomic E-state index is -3.86. The summed E-state index contributed by atoms with van der Waals surface area (Å²) in [5.74, 6) is 1.30. The summed E-state index contributed by atoms with van der Waals surface area (Å²) in [4.78, 5) is 16.7. The lowest BCUT2D eigenvalue weighted by molar-refractivity contribution is -0.131. The van der Waals surface area contributed by atoms with Gasteiger partial charge in [0.2, 0.25) is 15.9 Å². The van der Waals surface area contributed by atoms with Crippen molar-refractivity contribution in [2.45, 2.75) is 4.90 Å². The van der Waals surface area contributed by atoms with Crippen LogP contribution >= 0.6 is 0 Å². The van der Waals surface area contributed by atoms with Gasteiger partial charge in [0.15, 0.2) is 11.5 Å². The number of hydrogen-bond donors (Lipinski definition) is 0. The van der Waals surface area contributed by atoms with E-state index in [1.165, 1.54) is 39.5 Å². The molecule has 1 fully saturated rings. The molecule has 0 unspecified atom stereocenters. The number of methoxy groups -OCH3 is 3. The zero-order valence-corrected chi connectivity index (χ0v) is 19.6. The molecule has 0 spiro atoms. The molecule has 0 saturated carbocycles. The van der Waals surface area contributed by atoms with Crippen molar-refractivity contribution < 1.29 is 27.4 Å². The highest BCUT2D eigenvalue weighted by molar-refractivity contribution is 7.89. The minimum absolute atomic E-state index is 0.0368. The molecule has 1 heterocycles. The van der Waals surface area contributed by atoms with Crippen LogP contribution in [-0.2, 0) is 14.8 Å². The molecule has 3 rings (SSSR count). The van der Waals surface area contributed by atoms with Gasteiger partial charge in [0.1, 0.15) is 5.75 Å². The third kappa shape index (κ3) is 5.08. The van der Waals surface area contributed by atoms with Crippen molar-refractivity contribution >= 4 is 21.6 Å². The summed E-state index contributed by atoms with van der Waals surface area (Å²) in [5, 5.41) is 0. The Bertz CT molecular complexity index is 1030. The summed E-state index contributed by atoms with van der Waals surface area (Å²) in [7, 11) is 2.08. The Kier molecular flexibility index (Phi) is 7.47. The fourth-order valence-electron chi connectivity index (χ4n) is 3.54. The maximum Gasteiger partial charge on any atom is 0.243 e. The lowest BCUT2D eigenvalue weighted by Crippen LogP contribution is -2.51. The molecule has 0 radical (unpaired) electrons. The SMILES string of the molecule is COc1ccc(N2CCN(C(=O)CN(C)S(=O)(=O)c3ccc(OC)c(OC)c3)CC2)cc1. The molecule has 0 aromatic heterocycles. The number of hydrogen-bond acceptors (Lipinski definition) is 7. The van der Waals surface area contributed by atoms with Crippen LogP contribution < -0.4 is 19.1 Å². The third-order valence-corrected chi connectivity index (χ3v) is 7.29. The number of carbonyl (C=O) groups is 1. The van der Waals surface area contributed by atoms with Crippen LogP contribution in [0.2, 0.25) is 0 Å². The van der Waals surface area contributed by atoms with Crippen LogP contribution in [-0.4, -0.2) is 84.6 Å². The number of piperazine rings is 1. The molecular formula is C22H29N3O6S. The summed E-state index contributed by atoms with van der Waals surface area (Å²) < 4.78 is 42.5. The van der Waals surface area contributed by atoms with E-state index in [1.807, 2.05) is 24.3 Å². The molecule has 32 heavy (non-hydrogen) atoms. The molecule has 2 aromatic carbocycles. The van der Waals surface area contributed by atoms with Gasteiger partial charge in [0.05, 0.1) is 32.8 Å². The third-order valence-electron chi connectivity index (χ3n) is 5.49. The smallest absolute Gasteiger partial charge is 0.243 e. The van der Waals surface area contributed by atoms with E-state index in [2.05, 4.69) is 4.90 Å². The van der Waals surface area contributed by atoms with Crippen molar-refractivity contribution in [3.05, 3.63) is 42.5 Å².